The highest BCUT2D eigenvalue weighted by molar-refractivity contribution is 9.10. The van der Waals surface area contributed by atoms with E-state index < -0.39 is 11.4 Å². The number of ketones is 1. The van der Waals surface area contributed by atoms with Crippen molar-refractivity contribution in [2.45, 2.75) is 27.7 Å². The van der Waals surface area contributed by atoms with Gasteiger partial charge < -0.3 is 10.1 Å². The first kappa shape index (κ1) is 17.4. The normalized spacial score (nSPS) is 12.0. The van der Waals surface area contributed by atoms with Gasteiger partial charge in [-0.1, -0.05) is 36.7 Å². The standard InChI is InChI=1S/C16H20BrNO3/c1-10-8-11(6-7-12(10)17)18-13(15(20)21-5)9-14(19)16(2,3)4/h6-9,18H,1-5H3. The van der Waals surface area contributed by atoms with E-state index >= 15 is 0 Å². The number of carbonyl (C=O) groups is 2. The number of carbonyl (C=O) groups excluding carboxylic acids is 2. The second kappa shape index (κ2) is 6.89. The summed E-state index contributed by atoms with van der Waals surface area (Å²) in [7, 11) is 1.28. The Bertz CT molecular complexity index is 586. The third-order valence-electron chi connectivity index (χ3n) is 2.86. The van der Waals surface area contributed by atoms with Crippen molar-refractivity contribution in [1.29, 1.82) is 0 Å². The number of anilines is 1. The lowest BCUT2D eigenvalue weighted by Gasteiger charge is -2.16. The lowest BCUT2D eigenvalue weighted by molar-refractivity contribution is -0.136. The van der Waals surface area contributed by atoms with E-state index in [4.69, 9.17) is 4.74 Å². The van der Waals surface area contributed by atoms with E-state index in [2.05, 4.69) is 21.2 Å². The predicted molar refractivity (Wildman–Crippen MR) is 87.1 cm³/mol. The number of benzene rings is 1. The van der Waals surface area contributed by atoms with E-state index in [0.29, 0.717) is 5.69 Å². The van der Waals surface area contributed by atoms with Gasteiger partial charge in [0.1, 0.15) is 5.70 Å². The maximum Gasteiger partial charge on any atom is 0.354 e. The number of halogens is 1. The highest BCUT2D eigenvalue weighted by Gasteiger charge is 2.22. The van der Waals surface area contributed by atoms with Crippen molar-refractivity contribution in [3.8, 4) is 0 Å². The third kappa shape index (κ3) is 5.01. The minimum absolute atomic E-state index is 0.124. The van der Waals surface area contributed by atoms with Crippen LogP contribution in [-0.4, -0.2) is 18.9 Å². The monoisotopic (exact) mass is 353 g/mol. The second-order valence-corrected chi connectivity index (χ2v) is 6.61. The van der Waals surface area contributed by atoms with Crippen LogP contribution in [0.4, 0.5) is 5.69 Å². The van der Waals surface area contributed by atoms with E-state index in [1.807, 2.05) is 25.1 Å². The molecule has 21 heavy (non-hydrogen) atoms. The molecule has 0 heterocycles. The number of hydrogen-bond acceptors (Lipinski definition) is 4. The van der Waals surface area contributed by atoms with Crippen LogP contribution in [0.5, 0.6) is 0 Å². The summed E-state index contributed by atoms with van der Waals surface area (Å²) in [6.07, 6.45) is 1.29. The second-order valence-electron chi connectivity index (χ2n) is 5.75. The molecule has 0 saturated heterocycles. The summed E-state index contributed by atoms with van der Waals surface area (Å²) >= 11 is 3.42. The van der Waals surface area contributed by atoms with Gasteiger partial charge in [0.15, 0.2) is 5.78 Å². The minimum Gasteiger partial charge on any atom is -0.464 e. The maximum absolute atomic E-state index is 12.1. The first-order valence-corrected chi connectivity index (χ1v) is 7.32. The van der Waals surface area contributed by atoms with Gasteiger partial charge in [0.25, 0.3) is 0 Å². The Morgan fingerprint density at radius 2 is 1.90 bits per heavy atom. The van der Waals surface area contributed by atoms with Crippen molar-refractivity contribution >= 4 is 33.4 Å². The smallest absolute Gasteiger partial charge is 0.354 e. The molecule has 1 aromatic rings. The van der Waals surface area contributed by atoms with Gasteiger partial charge >= 0.3 is 5.97 Å². The maximum atomic E-state index is 12.1. The average Bonchev–Trinajstić information content (AvgIpc) is 2.40. The molecule has 0 radical (unpaired) electrons. The molecular formula is C16H20BrNO3. The molecule has 5 heteroatoms. The zero-order valence-corrected chi connectivity index (χ0v) is 14.5. The third-order valence-corrected chi connectivity index (χ3v) is 3.75. The fraction of sp³-hybridized carbons (Fsp3) is 0.375. The molecule has 1 N–H and O–H groups in total. The zero-order chi connectivity index (χ0) is 16.2. The Morgan fingerprint density at radius 1 is 1.29 bits per heavy atom. The van der Waals surface area contributed by atoms with Gasteiger partial charge in [0.05, 0.1) is 7.11 Å². The van der Waals surface area contributed by atoms with Crippen LogP contribution in [-0.2, 0) is 14.3 Å². The Morgan fingerprint density at radius 3 is 2.38 bits per heavy atom. The molecule has 0 atom stereocenters. The van der Waals surface area contributed by atoms with Crippen molar-refractivity contribution in [2.75, 3.05) is 12.4 Å². The summed E-state index contributed by atoms with van der Waals surface area (Å²) in [6.45, 7) is 7.33. The summed E-state index contributed by atoms with van der Waals surface area (Å²) < 4.78 is 5.70. The molecule has 1 rings (SSSR count). The van der Waals surface area contributed by atoms with Gasteiger partial charge in [-0.15, -0.1) is 0 Å². The molecule has 0 saturated carbocycles. The minimum atomic E-state index is -0.576. The molecule has 1 aromatic carbocycles. The van der Waals surface area contributed by atoms with E-state index in [-0.39, 0.29) is 11.5 Å². The molecule has 0 bridgehead atoms. The summed E-state index contributed by atoms with van der Waals surface area (Å²) in [5.74, 6) is -0.725. The van der Waals surface area contributed by atoms with Crippen LogP contribution in [0.15, 0.2) is 34.4 Å². The lowest BCUT2D eigenvalue weighted by Crippen LogP contribution is -2.22. The van der Waals surface area contributed by atoms with Gasteiger partial charge in [-0.3, -0.25) is 4.79 Å². The first-order valence-electron chi connectivity index (χ1n) is 6.52. The molecule has 0 fully saturated rings. The Labute approximate surface area is 133 Å². The molecule has 0 aliphatic carbocycles. The Kier molecular flexibility index (Phi) is 5.72. The van der Waals surface area contributed by atoms with Gasteiger partial charge in [-0.2, -0.15) is 0 Å². The highest BCUT2D eigenvalue weighted by Crippen LogP contribution is 2.22. The van der Waals surface area contributed by atoms with Crippen LogP contribution in [0.25, 0.3) is 0 Å². The molecule has 0 spiro atoms. The van der Waals surface area contributed by atoms with E-state index in [9.17, 15) is 9.59 Å². The fourth-order valence-corrected chi connectivity index (χ4v) is 1.73. The number of ether oxygens (including phenoxy) is 1. The average molecular weight is 354 g/mol. The van der Waals surface area contributed by atoms with Crippen molar-refractivity contribution in [1.82, 2.24) is 0 Å². The summed E-state index contributed by atoms with van der Waals surface area (Å²) in [5, 5.41) is 2.95. The molecule has 0 amide bonds. The van der Waals surface area contributed by atoms with Crippen LogP contribution < -0.4 is 5.32 Å². The van der Waals surface area contributed by atoms with Gasteiger partial charge in [0.2, 0.25) is 0 Å². The first-order chi connectivity index (χ1) is 9.65. The quantitative estimate of drug-likeness (QED) is 0.659. The van der Waals surface area contributed by atoms with Crippen LogP contribution in [0.2, 0.25) is 0 Å². The number of esters is 1. The predicted octanol–water partition coefficient (Wildman–Crippen LogP) is 3.84. The van der Waals surface area contributed by atoms with Crippen LogP contribution in [0.3, 0.4) is 0 Å². The highest BCUT2D eigenvalue weighted by atomic mass is 79.9. The molecule has 0 aromatic heterocycles. The van der Waals surface area contributed by atoms with E-state index in [1.54, 1.807) is 20.8 Å². The topological polar surface area (TPSA) is 55.4 Å². The van der Waals surface area contributed by atoms with Crippen molar-refractivity contribution < 1.29 is 14.3 Å². The Hall–Kier alpha value is -1.62. The molecule has 0 aliphatic heterocycles. The fourth-order valence-electron chi connectivity index (χ4n) is 1.48. The molecule has 114 valence electrons. The van der Waals surface area contributed by atoms with Crippen LogP contribution in [0.1, 0.15) is 26.3 Å². The zero-order valence-electron chi connectivity index (χ0n) is 12.9. The van der Waals surface area contributed by atoms with Crippen LogP contribution in [0, 0.1) is 12.3 Å². The van der Waals surface area contributed by atoms with E-state index in [0.717, 1.165) is 10.0 Å². The van der Waals surface area contributed by atoms with Crippen molar-refractivity contribution in [2.24, 2.45) is 5.41 Å². The summed E-state index contributed by atoms with van der Waals surface area (Å²) in [5.41, 5.74) is 1.30. The molecule has 0 unspecified atom stereocenters. The number of methoxy groups -OCH3 is 1. The van der Waals surface area contributed by atoms with Crippen molar-refractivity contribution in [3.63, 3.8) is 0 Å². The lowest BCUT2D eigenvalue weighted by atomic mass is 9.90. The number of nitrogens with one attached hydrogen (secondary N) is 1. The van der Waals surface area contributed by atoms with Gasteiger partial charge in [0, 0.05) is 21.7 Å². The SMILES string of the molecule is COC(=O)C(=CC(=O)C(C)(C)C)Nc1ccc(Br)c(C)c1. The number of rotatable bonds is 4. The largest absolute Gasteiger partial charge is 0.464 e. The van der Waals surface area contributed by atoms with Gasteiger partial charge in [-0.25, -0.2) is 4.79 Å². The summed E-state index contributed by atoms with van der Waals surface area (Å²) in [6, 6.07) is 5.57. The number of allylic oxidation sites excluding steroid dienone is 1. The number of hydrogen-bond donors (Lipinski definition) is 1. The van der Waals surface area contributed by atoms with Gasteiger partial charge in [-0.05, 0) is 30.7 Å². The summed E-state index contributed by atoms with van der Waals surface area (Å²) in [4.78, 5) is 23.9. The van der Waals surface area contributed by atoms with Crippen LogP contribution >= 0.6 is 15.9 Å². The Balaban J connectivity index is 3.09. The van der Waals surface area contributed by atoms with E-state index in [1.165, 1.54) is 13.2 Å². The molecular weight excluding hydrogens is 334 g/mol. The number of aryl methyl sites for hydroxylation is 1. The molecule has 0 aliphatic rings. The van der Waals surface area contributed by atoms with Crippen molar-refractivity contribution in [3.05, 3.63) is 40.0 Å². The molecule has 4 nitrogen and oxygen atoms in total.